The molecule has 0 aromatic carbocycles. The molecule has 92 valence electrons. The molecule has 2 aromatic rings. The molecule has 0 radical (unpaired) electrons. The van der Waals surface area contributed by atoms with Crippen molar-refractivity contribution in [2.45, 2.75) is 19.4 Å². The quantitative estimate of drug-likeness (QED) is 0.798. The fourth-order valence-electron chi connectivity index (χ4n) is 1.78. The molecule has 0 amide bonds. The van der Waals surface area contributed by atoms with Gasteiger partial charge >= 0.3 is 0 Å². The van der Waals surface area contributed by atoms with E-state index in [1.54, 1.807) is 0 Å². The first-order chi connectivity index (χ1) is 8.33. The van der Waals surface area contributed by atoms with E-state index >= 15 is 0 Å². The molecule has 4 nitrogen and oxygen atoms in total. The van der Waals surface area contributed by atoms with Crippen LogP contribution < -0.4 is 5.32 Å². The van der Waals surface area contributed by atoms with Crippen LogP contribution in [0.2, 0.25) is 0 Å². The van der Waals surface area contributed by atoms with Crippen molar-refractivity contribution in [2.75, 3.05) is 18.6 Å². The SMILES string of the molecule is CSCCCNC(C)c1nnc2ccccn12. The molecule has 1 unspecified atom stereocenters. The van der Waals surface area contributed by atoms with Crippen LogP contribution in [-0.2, 0) is 0 Å². The van der Waals surface area contributed by atoms with E-state index in [0.29, 0.717) is 0 Å². The van der Waals surface area contributed by atoms with E-state index in [1.165, 1.54) is 12.2 Å². The Bertz CT molecular complexity index is 468. The predicted octanol–water partition coefficient (Wildman–Crippen LogP) is 2.13. The highest BCUT2D eigenvalue weighted by atomic mass is 32.2. The lowest BCUT2D eigenvalue weighted by atomic mass is 10.3. The van der Waals surface area contributed by atoms with Crippen LogP contribution in [0.1, 0.15) is 25.2 Å². The van der Waals surface area contributed by atoms with Crippen molar-refractivity contribution in [3.8, 4) is 0 Å². The third-order valence-corrected chi connectivity index (χ3v) is 3.40. The van der Waals surface area contributed by atoms with Gasteiger partial charge in [-0.3, -0.25) is 4.40 Å². The molecule has 2 heterocycles. The van der Waals surface area contributed by atoms with Crippen LogP contribution in [0.25, 0.3) is 5.65 Å². The Morgan fingerprint density at radius 3 is 3.12 bits per heavy atom. The normalized spacial score (nSPS) is 13.1. The molecule has 0 aliphatic carbocycles. The lowest BCUT2D eigenvalue weighted by Gasteiger charge is -2.11. The summed E-state index contributed by atoms with van der Waals surface area (Å²) in [5, 5.41) is 11.9. The summed E-state index contributed by atoms with van der Waals surface area (Å²) in [6.45, 7) is 3.15. The standard InChI is InChI=1S/C12H18N4S/c1-10(13-7-5-9-17-2)12-15-14-11-6-3-4-8-16(11)12/h3-4,6,8,10,13H,5,7,9H2,1-2H3. The summed E-state index contributed by atoms with van der Waals surface area (Å²) in [6.07, 6.45) is 5.32. The molecule has 2 rings (SSSR count). The van der Waals surface area contributed by atoms with Crippen molar-refractivity contribution in [3.05, 3.63) is 30.2 Å². The number of nitrogens with zero attached hydrogens (tertiary/aromatic N) is 3. The maximum atomic E-state index is 4.24. The zero-order valence-electron chi connectivity index (χ0n) is 10.3. The monoisotopic (exact) mass is 250 g/mol. The second-order valence-electron chi connectivity index (χ2n) is 4.01. The lowest BCUT2D eigenvalue weighted by Crippen LogP contribution is -2.22. The van der Waals surface area contributed by atoms with Crippen LogP contribution in [0.4, 0.5) is 0 Å². The summed E-state index contributed by atoms with van der Waals surface area (Å²) in [4.78, 5) is 0. The van der Waals surface area contributed by atoms with Crippen molar-refractivity contribution in [3.63, 3.8) is 0 Å². The van der Waals surface area contributed by atoms with Crippen molar-refractivity contribution in [1.29, 1.82) is 0 Å². The number of pyridine rings is 1. The van der Waals surface area contributed by atoms with Gasteiger partial charge in [0.1, 0.15) is 0 Å². The average Bonchev–Trinajstić information content (AvgIpc) is 2.78. The summed E-state index contributed by atoms with van der Waals surface area (Å²) in [7, 11) is 0. The fraction of sp³-hybridized carbons (Fsp3) is 0.500. The molecular formula is C12H18N4S. The Morgan fingerprint density at radius 2 is 2.29 bits per heavy atom. The van der Waals surface area contributed by atoms with Crippen molar-refractivity contribution >= 4 is 17.4 Å². The Hall–Kier alpha value is -1.07. The molecular weight excluding hydrogens is 232 g/mol. The molecule has 0 fully saturated rings. The van der Waals surface area contributed by atoms with Crippen molar-refractivity contribution in [2.24, 2.45) is 0 Å². The zero-order chi connectivity index (χ0) is 12.1. The number of rotatable bonds is 6. The van der Waals surface area contributed by atoms with Crippen LogP contribution in [0, 0.1) is 0 Å². The van der Waals surface area contributed by atoms with E-state index in [2.05, 4.69) is 28.7 Å². The van der Waals surface area contributed by atoms with Crippen LogP contribution in [0.3, 0.4) is 0 Å². The van der Waals surface area contributed by atoms with E-state index in [4.69, 9.17) is 0 Å². The van der Waals surface area contributed by atoms with Gasteiger partial charge in [-0.1, -0.05) is 6.07 Å². The average molecular weight is 250 g/mol. The lowest BCUT2D eigenvalue weighted by molar-refractivity contribution is 0.541. The second kappa shape index (κ2) is 6.02. The van der Waals surface area contributed by atoms with Crippen molar-refractivity contribution in [1.82, 2.24) is 19.9 Å². The van der Waals surface area contributed by atoms with Gasteiger partial charge < -0.3 is 5.32 Å². The minimum atomic E-state index is 0.231. The first-order valence-electron chi connectivity index (χ1n) is 5.85. The molecule has 2 aromatic heterocycles. The van der Waals surface area contributed by atoms with Gasteiger partial charge in [-0.25, -0.2) is 0 Å². The van der Waals surface area contributed by atoms with Crippen LogP contribution in [-0.4, -0.2) is 33.2 Å². The van der Waals surface area contributed by atoms with Crippen molar-refractivity contribution < 1.29 is 0 Å². The number of aromatic nitrogens is 3. The maximum absolute atomic E-state index is 4.24. The summed E-state index contributed by atoms with van der Waals surface area (Å²) in [6, 6.07) is 6.18. The summed E-state index contributed by atoms with van der Waals surface area (Å²) in [5.74, 6) is 2.17. The highest BCUT2D eigenvalue weighted by molar-refractivity contribution is 7.98. The Morgan fingerprint density at radius 1 is 1.41 bits per heavy atom. The van der Waals surface area contributed by atoms with Gasteiger partial charge in [0.2, 0.25) is 0 Å². The van der Waals surface area contributed by atoms with Gasteiger partial charge in [-0.15, -0.1) is 10.2 Å². The minimum absolute atomic E-state index is 0.231. The topological polar surface area (TPSA) is 42.2 Å². The molecule has 0 bridgehead atoms. The van der Waals surface area contributed by atoms with Crippen LogP contribution in [0.5, 0.6) is 0 Å². The second-order valence-corrected chi connectivity index (χ2v) is 4.99. The van der Waals surface area contributed by atoms with Gasteiger partial charge in [0.25, 0.3) is 0 Å². The summed E-state index contributed by atoms with van der Waals surface area (Å²) >= 11 is 1.88. The molecule has 1 N–H and O–H groups in total. The molecule has 0 aliphatic heterocycles. The smallest absolute Gasteiger partial charge is 0.160 e. The summed E-state index contributed by atoms with van der Waals surface area (Å²) < 4.78 is 2.03. The zero-order valence-corrected chi connectivity index (χ0v) is 11.1. The van der Waals surface area contributed by atoms with Gasteiger partial charge in [0.15, 0.2) is 11.5 Å². The molecule has 17 heavy (non-hydrogen) atoms. The Kier molecular flexibility index (Phi) is 4.39. The van der Waals surface area contributed by atoms with E-state index < -0.39 is 0 Å². The number of hydrogen-bond donors (Lipinski definition) is 1. The van der Waals surface area contributed by atoms with E-state index in [-0.39, 0.29) is 6.04 Å². The first-order valence-corrected chi connectivity index (χ1v) is 7.24. The van der Waals surface area contributed by atoms with Gasteiger partial charge in [-0.2, -0.15) is 11.8 Å². The van der Waals surface area contributed by atoms with Crippen LogP contribution >= 0.6 is 11.8 Å². The number of fused-ring (bicyclic) bond motifs is 1. The fourth-order valence-corrected chi connectivity index (χ4v) is 2.21. The van der Waals surface area contributed by atoms with E-state index in [0.717, 1.165) is 18.0 Å². The molecule has 0 saturated heterocycles. The summed E-state index contributed by atoms with van der Waals surface area (Å²) in [5.41, 5.74) is 0.903. The molecule has 5 heteroatoms. The highest BCUT2D eigenvalue weighted by Gasteiger charge is 2.11. The van der Waals surface area contributed by atoms with Gasteiger partial charge in [0, 0.05) is 6.20 Å². The third kappa shape index (κ3) is 2.98. The third-order valence-electron chi connectivity index (χ3n) is 2.70. The van der Waals surface area contributed by atoms with E-state index in [1.807, 2.05) is 40.6 Å². The largest absolute Gasteiger partial charge is 0.307 e. The molecule has 0 saturated carbocycles. The van der Waals surface area contributed by atoms with Gasteiger partial charge in [0.05, 0.1) is 6.04 Å². The maximum Gasteiger partial charge on any atom is 0.160 e. The molecule has 1 atom stereocenters. The molecule has 0 aliphatic rings. The Labute approximate surface area is 106 Å². The first kappa shape index (κ1) is 12.4. The molecule has 0 spiro atoms. The number of nitrogens with one attached hydrogen (secondary N) is 1. The number of hydrogen-bond acceptors (Lipinski definition) is 4. The minimum Gasteiger partial charge on any atom is -0.307 e. The number of thioether (sulfide) groups is 1. The van der Waals surface area contributed by atoms with E-state index in [9.17, 15) is 0 Å². The predicted molar refractivity (Wildman–Crippen MR) is 72.4 cm³/mol. The van der Waals surface area contributed by atoms with Crippen LogP contribution in [0.15, 0.2) is 24.4 Å². The Balaban J connectivity index is 2.01. The highest BCUT2D eigenvalue weighted by Crippen LogP contribution is 2.11. The van der Waals surface area contributed by atoms with Gasteiger partial charge in [-0.05, 0) is 44.0 Å².